The Kier molecular flexibility index (Phi) is 10.1. The maximum Gasteiger partial charge on any atom is 0.125 e. The van der Waals surface area contributed by atoms with Crippen molar-refractivity contribution in [3.63, 3.8) is 0 Å². The molecule has 7 nitrogen and oxygen atoms in total. The van der Waals surface area contributed by atoms with Gasteiger partial charge in [0.25, 0.3) is 0 Å². The number of amidine groups is 1. The van der Waals surface area contributed by atoms with Gasteiger partial charge >= 0.3 is 0 Å². The third-order valence-corrected chi connectivity index (χ3v) is 5.59. The second-order valence-corrected chi connectivity index (χ2v) is 9.21. The van der Waals surface area contributed by atoms with Gasteiger partial charge in [-0.05, 0) is 95.6 Å². The number of hydrogen-bond donors (Lipinski definition) is 3. The number of anilines is 1. The Morgan fingerprint density at radius 2 is 1.49 bits per heavy atom. The lowest BCUT2D eigenvalue weighted by Gasteiger charge is -2.08. The fraction of sp³-hybridized carbons (Fsp3) is 0.357. The molecule has 1 heterocycles. The van der Waals surface area contributed by atoms with E-state index in [0.717, 1.165) is 72.8 Å². The maximum atomic E-state index is 6.26. The average Bonchev–Trinajstić information content (AvgIpc) is 3.34. The largest absolute Gasteiger partial charge is 0.384 e. The van der Waals surface area contributed by atoms with Gasteiger partial charge in [0, 0.05) is 35.7 Å². The Hall–Kier alpha value is -3.42. The van der Waals surface area contributed by atoms with Gasteiger partial charge in [-0.15, -0.1) is 0 Å². The van der Waals surface area contributed by atoms with Crippen molar-refractivity contribution in [2.75, 3.05) is 59.7 Å². The Morgan fingerprint density at radius 1 is 0.857 bits per heavy atom. The molecule has 3 rings (SSSR count). The first kappa shape index (κ1) is 26.2. The zero-order chi connectivity index (χ0) is 25.0. The summed E-state index contributed by atoms with van der Waals surface area (Å²) in [5, 5.41) is 3.28. The highest BCUT2D eigenvalue weighted by molar-refractivity contribution is 5.98. The minimum absolute atomic E-state index is 0.583. The molecular formula is C28H39N7. The van der Waals surface area contributed by atoms with Crippen LogP contribution in [0.1, 0.15) is 18.4 Å². The van der Waals surface area contributed by atoms with Gasteiger partial charge in [0.15, 0.2) is 0 Å². The van der Waals surface area contributed by atoms with E-state index in [2.05, 4.69) is 94.7 Å². The minimum atomic E-state index is 0.583. The van der Waals surface area contributed by atoms with Crippen molar-refractivity contribution in [1.82, 2.24) is 14.8 Å². The molecule has 0 amide bonds. The monoisotopic (exact) mass is 473 g/mol. The van der Waals surface area contributed by atoms with Gasteiger partial charge in [-0.2, -0.15) is 0 Å². The second kappa shape index (κ2) is 13.5. The van der Waals surface area contributed by atoms with Crippen LogP contribution in [0.15, 0.2) is 70.6 Å². The van der Waals surface area contributed by atoms with Crippen LogP contribution in [0.2, 0.25) is 0 Å². The highest BCUT2D eigenvalue weighted by Crippen LogP contribution is 2.26. The van der Waals surface area contributed by atoms with Gasteiger partial charge in [-0.1, -0.05) is 30.3 Å². The number of nitrogens with one attached hydrogen (secondary N) is 2. The first-order valence-corrected chi connectivity index (χ1v) is 12.2. The van der Waals surface area contributed by atoms with Gasteiger partial charge in [0.2, 0.25) is 0 Å². The summed E-state index contributed by atoms with van der Waals surface area (Å²) in [4.78, 5) is 16.9. The van der Waals surface area contributed by atoms with Crippen molar-refractivity contribution in [3.05, 3.63) is 66.2 Å². The molecule has 0 atom stereocenters. The number of H-pyrrole nitrogens is 1. The Morgan fingerprint density at radius 3 is 2.17 bits per heavy atom. The van der Waals surface area contributed by atoms with E-state index in [1.807, 2.05) is 24.3 Å². The predicted octanol–water partition coefficient (Wildman–Crippen LogP) is 4.40. The van der Waals surface area contributed by atoms with Crippen LogP contribution < -0.4 is 11.1 Å². The molecule has 35 heavy (non-hydrogen) atoms. The van der Waals surface area contributed by atoms with Crippen molar-refractivity contribution < 1.29 is 0 Å². The molecule has 0 aliphatic rings. The summed E-state index contributed by atoms with van der Waals surface area (Å²) in [5.41, 5.74) is 12.5. The lowest BCUT2D eigenvalue weighted by molar-refractivity contribution is 0.403. The van der Waals surface area contributed by atoms with Crippen molar-refractivity contribution in [2.24, 2.45) is 15.7 Å². The number of rotatable bonds is 13. The van der Waals surface area contributed by atoms with Crippen molar-refractivity contribution in [2.45, 2.75) is 12.8 Å². The van der Waals surface area contributed by atoms with Gasteiger partial charge < -0.3 is 25.8 Å². The highest BCUT2D eigenvalue weighted by atomic mass is 15.1. The number of aliphatic imine (C=N–C) groups is 2. The normalized spacial score (nSPS) is 12.2. The Bertz CT molecular complexity index is 1110. The Balaban J connectivity index is 1.64. The van der Waals surface area contributed by atoms with Gasteiger partial charge in [0.05, 0.1) is 6.34 Å². The molecule has 0 saturated heterocycles. The number of hydrogen-bond acceptors (Lipinski definition) is 4. The maximum absolute atomic E-state index is 6.26. The molecule has 0 saturated carbocycles. The van der Waals surface area contributed by atoms with Crippen LogP contribution in [0.4, 0.5) is 5.69 Å². The molecule has 7 heteroatoms. The zero-order valence-electron chi connectivity index (χ0n) is 21.5. The standard InChI is InChI=1S/C28H39N7/c1-34(2)17-7-15-30-21-32-25-12-6-10-23(20-25)27-14-13-26(33-27)22-9-5-11-24(19-22)28(29)31-16-8-18-35(3)4/h5-6,9-14,19-21,33H,7-8,15-18H2,1-4H3,(H2,29,31)(H,30,32). The van der Waals surface area contributed by atoms with E-state index in [-0.39, 0.29) is 0 Å². The fourth-order valence-corrected chi connectivity index (χ4v) is 3.70. The average molecular weight is 474 g/mol. The summed E-state index contributed by atoms with van der Waals surface area (Å²) < 4.78 is 0. The fourth-order valence-electron chi connectivity index (χ4n) is 3.70. The molecule has 186 valence electrons. The van der Waals surface area contributed by atoms with Crippen molar-refractivity contribution in [3.8, 4) is 22.5 Å². The summed E-state index contributed by atoms with van der Waals surface area (Å²) in [5.74, 6) is 0.583. The van der Waals surface area contributed by atoms with Crippen molar-refractivity contribution in [1.29, 1.82) is 0 Å². The van der Waals surface area contributed by atoms with Crippen LogP contribution in [0, 0.1) is 0 Å². The summed E-state index contributed by atoms with van der Waals surface area (Å²) >= 11 is 0. The molecule has 1 aromatic heterocycles. The van der Waals surface area contributed by atoms with E-state index in [4.69, 9.17) is 5.73 Å². The minimum Gasteiger partial charge on any atom is -0.384 e. The van der Waals surface area contributed by atoms with Crippen LogP contribution in [0.5, 0.6) is 0 Å². The molecule has 0 spiro atoms. The quantitative estimate of drug-likeness (QED) is 0.195. The smallest absolute Gasteiger partial charge is 0.125 e. The van der Waals surface area contributed by atoms with Gasteiger partial charge in [-0.3, -0.25) is 9.98 Å². The first-order valence-electron chi connectivity index (χ1n) is 12.2. The van der Waals surface area contributed by atoms with E-state index in [9.17, 15) is 0 Å². The van der Waals surface area contributed by atoms with Crippen molar-refractivity contribution >= 4 is 17.9 Å². The molecule has 0 aliphatic heterocycles. The number of aromatic amines is 1. The third kappa shape index (κ3) is 8.70. The lowest BCUT2D eigenvalue weighted by atomic mass is 10.1. The van der Waals surface area contributed by atoms with Crippen LogP contribution in [-0.2, 0) is 0 Å². The first-order chi connectivity index (χ1) is 16.9. The van der Waals surface area contributed by atoms with Crippen LogP contribution in [0.25, 0.3) is 22.5 Å². The summed E-state index contributed by atoms with van der Waals surface area (Å²) in [6.07, 6.45) is 3.82. The third-order valence-electron chi connectivity index (χ3n) is 5.59. The van der Waals surface area contributed by atoms with Crippen LogP contribution in [-0.4, -0.2) is 81.3 Å². The molecule has 0 unspecified atom stereocenters. The molecule has 0 aliphatic carbocycles. The predicted molar refractivity (Wildman–Crippen MR) is 151 cm³/mol. The molecule has 2 aromatic carbocycles. The number of nitrogens with zero attached hydrogens (tertiary/aromatic N) is 4. The lowest BCUT2D eigenvalue weighted by Crippen LogP contribution is -2.16. The van der Waals surface area contributed by atoms with Gasteiger partial charge in [-0.25, -0.2) is 0 Å². The molecule has 4 N–H and O–H groups in total. The van der Waals surface area contributed by atoms with Crippen LogP contribution >= 0.6 is 0 Å². The van der Waals surface area contributed by atoms with E-state index in [1.165, 1.54) is 0 Å². The summed E-state index contributed by atoms with van der Waals surface area (Å²) in [7, 11) is 8.29. The topological polar surface area (TPSA) is 85.0 Å². The second-order valence-electron chi connectivity index (χ2n) is 9.21. The molecule has 3 aromatic rings. The summed E-state index contributed by atoms with van der Waals surface area (Å²) in [6, 6.07) is 20.7. The van der Waals surface area contributed by atoms with E-state index in [1.54, 1.807) is 6.34 Å². The van der Waals surface area contributed by atoms with Crippen LogP contribution in [0.3, 0.4) is 0 Å². The molecular weight excluding hydrogens is 434 g/mol. The number of benzene rings is 2. The van der Waals surface area contributed by atoms with Gasteiger partial charge in [0.1, 0.15) is 5.84 Å². The summed E-state index contributed by atoms with van der Waals surface area (Å²) in [6.45, 7) is 3.59. The SMILES string of the molecule is CN(C)CCCN=CNc1cccc(-c2ccc(-c3cccc(C(N)=NCCCN(C)C)c3)[nH]2)c1. The number of nitrogens with two attached hydrogens (primary N) is 1. The molecule has 0 bridgehead atoms. The number of aromatic nitrogens is 1. The highest BCUT2D eigenvalue weighted by Gasteiger charge is 2.07. The zero-order valence-corrected chi connectivity index (χ0v) is 21.5. The van der Waals surface area contributed by atoms with E-state index < -0.39 is 0 Å². The molecule has 0 fully saturated rings. The van der Waals surface area contributed by atoms with E-state index >= 15 is 0 Å². The molecule has 0 radical (unpaired) electrons. The Labute approximate surface area is 209 Å². The van der Waals surface area contributed by atoms with E-state index in [0.29, 0.717) is 5.84 Å².